The van der Waals surface area contributed by atoms with Crippen molar-refractivity contribution in [2.75, 3.05) is 37.6 Å². The van der Waals surface area contributed by atoms with Crippen LogP contribution >= 0.6 is 0 Å². The maximum Gasteiger partial charge on any atom is 0.315 e. The Kier molecular flexibility index (Phi) is 7.04. The van der Waals surface area contributed by atoms with E-state index in [0.29, 0.717) is 18.8 Å². The number of rotatable bonds is 6. The predicted molar refractivity (Wildman–Crippen MR) is 103 cm³/mol. The number of carbonyl (C=O) groups excluding carboxylic acids is 2. The topological polar surface area (TPSA) is 64.7 Å². The molecule has 7 heteroatoms. The van der Waals surface area contributed by atoms with Crippen LogP contribution in [0.4, 0.5) is 14.9 Å². The van der Waals surface area contributed by atoms with E-state index in [4.69, 9.17) is 0 Å². The zero-order chi connectivity index (χ0) is 19.1. The molecule has 2 N–H and O–H groups in total. The first-order valence-corrected chi connectivity index (χ1v) is 9.94. The van der Waals surface area contributed by atoms with Crippen molar-refractivity contribution in [2.45, 2.75) is 44.6 Å². The Hall–Kier alpha value is -2.15. The van der Waals surface area contributed by atoms with Gasteiger partial charge in [-0.1, -0.05) is 12.8 Å². The molecule has 27 heavy (non-hydrogen) atoms. The summed E-state index contributed by atoms with van der Waals surface area (Å²) >= 11 is 0. The third-order valence-electron chi connectivity index (χ3n) is 5.23. The molecule has 2 aliphatic heterocycles. The van der Waals surface area contributed by atoms with Crippen LogP contribution < -0.4 is 15.5 Å². The van der Waals surface area contributed by atoms with Gasteiger partial charge in [0.15, 0.2) is 0 Å². The molecule has 1 atom stereocenters. The molecular formula is C20H29FN4O2. The molecule has 2 heterocycles. The van der Waals surface area contributed by atoms with E-state index in [1.165, 1.54) is 37.8 Å². The number of hydrogen-bond donors (Lipinski definition) is 2. The van der Waals surface area contributed by atoms with Gasteiger partial charge in [-0.2, -0.15) is 0 Å². The van der Waals surface area contributed by atoms with E-state index >= 15 is 0 Å². The summed E-state index contributed by atoms with van der Waals surface area (Å²) in [6.07, 6.45) is 6.39. The molecule has 2 saturated heterocycles. The van der Waals surface area contributed by atoms with Crippen LogP contribution in [-0.2, 0) is 4.79 Å². The molecule has 3 amide bonds. The minimum atomic E-state index is -0.334. The standard InChI is InChI=1S/C20H29FN4O2/c21-16-6-8-18(9-7-16)25-15-17(14-19(25)26)23-20(27)22-10-5-13-24-11-3-1-2-4-12-24/h6-9,17H,1-5,10-15H2,(H2,22,23,27)/t17-/m1/s1. The van der Waals surface area contributed by atoms with Gasteiger partial charge in [0, 0.05) is 25.2 Å². The van der Waals surface area contributed by atoms with Crippen LogP contribution in [0.3, 0.4) is 0 Å². The van der Waals surface area contributed by atoms with Gasteiger partial charge in [-0.3, -0.25) is 4.79 Å². The molecule has 148 valence electrons. The number of anilines is 1. The number of urea groups is 1. The van der Waals surface area contributed by atoms with Crippen LogP contribution in [-0.4, -0.2) is 55.6 Å². The Morgan fingerprint density at radius 2 is 1.81 bits per heavy atom. The lowest BCUT2D eigenvalue weighted by Gasteiger charge is -2.20. The Bertz CT molecular complexity index is 629. The zero-order valence-corrected chi connectivity index (χ0v) is 15.8. The number of halogens is 1. The minimum absolute atomic E-state index is 0.0620. The number of nitrogens with one attached hydrogen (secondary N) is 2. The second-order valence-corrected chi connectivity index (χ2v) is 7.39. The molecule has 2 fully saturated rings. The van der Waals surface area contributed by atoms with E-state index in [1.54, 1.807) is 17.0 Å². The van der Waals surface area contributed by atoms with Crippen LogP contribution in [0.5, 0.6) is 0 Å². The van der Waals surface area contributed by atoms with Crippen molar-refractivity contribution in [3.63, 3.8) is 0 Å². The summed E-state index contributed by atoms with van der Waals surface area (Å²) in [7, 11) is 0. The third kappa shape index (κ3) is 5.92. The van der Waals surface area contributed by atoms with Crippen LogP contribution in [0, 0.1) is 5.82 Å². The van der Waals surface area contributed by atoms with Crippen LogP contribution in [0.25, 0.3) is 0 Å². The summed E-state index contributed by atoms with van der Waals surface area (Å²) in [5.41, 5.74) is 0.656. The van der Waals surface area contributed by atoms with E-state index in [2.05, 4.69) is 15.5 Å². The highest BCUT2D eigenvalue weighted by Gasteiger charge is 2.31. The second kappa shape index (κ2) is 9.69. The second-order valence-electron chi connectivity index (χ2n) is 7.39. The minimum Gasteiger partial charge on any atom is -0.338 e. The lowest BCUT2D eigenvalue weighted by atomic mass is 10.2. The first-order chi connectivity index (χ1) is 13.1. The zero-order valence-electron chi connectivity index (χ0n) is 15.8. The Labute approximate surface area is 160 Å². The van der Waals surface area contributed by atoms with Gasteiger partial charge < -0.3 is 20.4 Å². The molecule has 0 saturated carbocycles. The molecule has 0 aliphatic carbocycles. The first-order valence-electron chi connectivity index (χ1n) is 9.94. The molecule has 0 aromatic heterocycles. The molecule has 0 unspecified atom stereocenters. The number of hydrogen-bond acceptors (Lipinski definition) is 3. The maximum absolute atomic E-state index is 13.0. The Morgan fingerprint density at radius 1 is 1.11 bits per heavy atom. The summed E-state index contributed by atoms with van der Waals surface area (Å²) in [5, 5.41) is 5.75. The van der Waals surface area contributed by atoms with Crippen molar-refractivity contribution in [1.82, 2.24) is 15.5 Å². The monoisotopic (exact) mass is 376 g/mol. The van der Waals surface area contributed by atoms with Crippen molar-refractivity contribution in [3.8, 4) is 0 Å². The van der Waals surface area contributed by atoms with Crippen molar-refractivity contribution in [2.24, 2.45) is 0 Å². The largest absolute Gasteiger partial charge is 0.338 e. The molecule has 0 bridgehead atoms. The lowest BCUT2D eigenvalue weighted by molar-refractivity contribution is -0.117. The smallest absolute Gasteiger partial charge is 0.315 e. The Morgan fingerprint density at radius 3 is 2.52 bits per heavy atom. The van der Waals surface area contributed by atoms with Gasteiger partial charge in [-0.15, -0.1) is 0 Å². The van der Waals surface area contributed by atoms with E-state index in [-0.39, 0.29) is 30.2 Å². The summed E-state index contributed by atoms with van der Waals surface area (Å²) in [6.45, 7) is 4.38. The first kappa shape index (κ1) is 19.6. The van der Waals surface area contributed by atoms with Crippen LogP contribution in [0.2, 0.25) is 0 Å². The summed E-state index contributed by atoms with van der Waals surface area (Å²) in [4.78, 5) is 28.3. The van der Waals surface area contributed by atoms with Gasteiger partial charge in [0.25, 0.3) is 0 Å². The average Bonchev–Trinajstić information content (AvgIpc) is 2.84. The van der Waals surface area contributed by atoms with Crippen molar-refractivity contribution >= 4 is 17.6 Å². The number of benzene rings is 1. The van der Waals surface area contributed by atoms with Crippen LogP contribution in [0.15, 0.2) is 24.3 Å². The molecule has 1 aromatic rings. The Balaban J connectivity index is 1.35. The number of likely N-dealkylation sites (tertiary alicyclic amines) is 1. The van der Waals surface area contributed by atoms with Gasteiger partial charge in [0.05, 0.1) is 6.04 Å². The van der Waals surface area contributed by atoms with Gasteiger partial charge >= 0.3 is 6.03 Å². The van der Waals surface area contributed by atoms with E-state index in [0.717, 1.165) is 26.1 Å². The summed E-state index contributed by atoms with van der Waals surface area (Å²) in [5.74, 6) is -0.396. The van der Waals surface area contributed by atoms with Crippen molar-refractivity contribution in [3.05, 3.63) is 30.1 Å². The fraction of sp³-hybridized carbons (Fsp3) is 0.600. The van der Waals surface area contributed by atoms with Crippen molar-refractivity contribution < 1.29 is 14.0 Å². The van der Waals surface area contributed by atoms with E-state index in [9.17, 15) is 14.0 Å². The number of amides is 3. The molecule has 2 aliphatic rings. The summed E-state index contributed by atoms with van der Waals surface area (Å²) < 4.78 is 13.0. The summed E-state index contributed by atoms with van der Waals surface area (Å²) in [6, 6.07) is 5.37. The maximum atomic E-state index is 13.0. The highest BCUT2D eigenvalue weighted by molar-refractivity contribution is 5.96. The predicted octanol–water partition coefficient (Wildman–Crippen LogP) is 2.50. The van der Waals surface area contributed by atoms with Gasteiger partial charge in [0.1, 0.15) is 5.82 Å². The molecule has 0 radical (unpaired) electrons. The van der Waals surface area contributed by atoms with E-state index in [1.807, 2.05) is 0 Å². The van der Waals surface area contributed by atoms with Crippen LogP contribution in [0.1, 0.15) is 38.5 Å². The lowest BCUT2D eigenvalue weighted by Crippen LogP contribution is -2.44. The van der Waals surface area contributed by atoms with Crippen molar-refractivity contribution in [1.29, 1.82) is 0 Å². The number of nitrogens with zero attached hydrogens (tertiary/aromatic N) is 2. The highest BCUT2D eigenvalue weighted by atomic mass is 19.1. The quantitative estimate of drug-likeness (QED) is 0.750. The SMILES string of the molecule is O=C(NCCCN1CCCCCC1)N[C@@H]1CC(=O)N(c2ccc(F)cc2)C1. The molecular weight excluding hydrogens is 347 g/mol. The third-order valence-corrected chi connectivity index (χ3v) is 5.23. The highest BCUT2D eigenvalue weighted by Crippen LogP contribution is 2.21. The van der Waals surface area contributed by atoms with Gasteiger partial charge in [-0.05, 0) is 63.2 Å². The normalized spacial score (nSPS) is 21.1. The van der Waals surface area contributed by atoms with Gasteiger partial charge in [0.2, 0.25) is 5.91 Å². The van der Waals surface area contributed by atoms with E-state index < -0.39 is 0 Å². The number of carbonyl (C=O) groups is 2. The fourth-order valence-electron chi connectivity index (χ4n) is 3.78. The molecule has 0 spiro atoms. The molecule has 3 rings (SSSR count). The fourth-order valence-corrected chi connectivity index (χ4v) is 3.78. The van der Waals surface area contributed by atoms with Gasteiger partial charge in [-0.25, -0.2) is 9.18 Å². The molecule has 1 aromatic carbocycles. The average molecular weight is 376 g/mol. The molecule has 6 nitrogen and oxygen atoms in total.